The van der Waals surface area contributed by atoms with E-state index in [1.165, 1.54) is 13.0 Å². The van der Waals surface area contributed by atoms with Gasteiger partial charge in [-0.2, -0.15) is 5.26 Å². The van der Waals surface area contributed by atoms with E-state index in [1.54, 1.807) is 0 Å². The molecule has 1 fully saturated rings. The Morgan fingerprint density at radius 1 is 1.33 bits per heavy atom. The van der Waals surface area contributed by atoms with Crippen molar-refractivity contribution in [1.29, 1.82) is 5.26 Å². The zero-order chi connectivity index (χ0) is 11.1. The molecule has 0 spiro atoms. The number of hydrogen-bond donors (Lipinski definition) is 1. The molecule has 1 rings (SSSR count). The normalized spacial score (nSPS) is 21.9. The molecule has 0 aromatic rings. The van der Waals surface area contributed by atoms with Gasteiger partial charge in [0.25, 0.3) is 0 Å². The van der Waals surface area contributed by atoms with Crippen molar-refractivity contribution in [3.63, 3.8) is 0 Å². The molecule has 4 nitrogen and oxygen atoms in total. The topological polar surface area (TPSA) is 42.3 Å². The molecule has 0 bridgehead atoms. The SMILES string of the molecule is CCNC(C#N)CN1CCCN(C)CC1. The Kier molecular flexibility index (Phi) is 5.62. The van der Waals surface area contributed by atoms with Crippen molar-refractivity contribution in [2.45, 2.75) is 19.4 Å². The Morgan fingerprint density at radius 2 is 2.13 bits per heavy atom. The third-order valence-electron chi connectivity index (χ3n) is 2.86. The summed E-state index contributed by atoms with van der Waals surface area (Å²) in [5.41, 5.74) is 0. The summed E-state index contributed by atoms with van der Waals surface area (Å²) in [6.45, 7) is 8.26. The van der Waals surface area contributed by atoms with Crippen LogP contribution in [-0.4, -0.2) is 62.2 Å². The summed E-state index contributed by atoms with van der Waals surface area (Å²) in [6, 6.07) is 2.30. The number of nitrogens with one attached hydrogen (secondary N) is 1. The van der Waals surface area contributed by atoms with Crippen LogP contribution in [0.4, 0.5) is 0 Å². The first-order valence-corrected chi connectivity index (χ1v) is 5.80. The van der Waals surface area contributed by atoms with Crippen LogP contribution in [0.15, 0.2) is 0 Å². The van der Waals surface area contributed by atoms with E-state index in [9.17, 15) is 0 Å². The van der Waals surface area contributed by atoms with Crippen molar-refractivity contribution in [2.75, 3.05) is 46.3 Å². The van der Waals surface area contributed by atoms with Gasteiger partial charge < -0.3 is 10.2 Å². The largest absolute Gasteiger partial charge is 0.305 e. The molecule has 0 aliphatic carbocycles. The molecule has 0 amide bonds. The van der Waals surface area contributed by atoms with Gasteiger partial charge in [-0.15, -0.1) is 0 Å². The summed E-state index contributed by atoms with van der Waals surface area (Å²) in [5.74, 6) is 0. The van der Waals surface area contributed by atoms with Crippen molar-refractivity contribution in [3.8, 4) is 6.07 Å². The van der Waals surface area contributed by atoms with Gasteiger partial charge in [-0.3, -0.25) is 4.90 Å². The van der Waals surface area contributed by atoms with Crippen LogP contribution in [0.3, 0.4) is 0 Å². The van der Waals surface area contributed by atoms with Crippen LogP contribution in [-0.2, 0) is 0 Å². The minimum Gasteiger partial charge on any atom is -0.305 e. The van der Waals surface area contributed by atoms with Gasteiger partial charge >= 0.3 is 0 Å². The molecule has 0 aromatic carbocycles. The third kappa shape index (κ3) is 4.61. The van der Waals surface area contributed by atoms with Crippen molar-refractivity contribution in [3.05, 3.63) is 0 Å². The van der Waals surface area contributed by atoms with Crippen LogP contribution in [0.2, 0.25) is 0 Å². The summed E-state index contributed by atoms with van der Waals surface area (Å²) in [4.78, 5) is 4.74. The molecule has 1 saturated heterocycles. The molecule has 1 heterocycles. The summed E-state index contributed by atoms with van der Waals surface area (Å²) in [7, 11) is 2.16. The van der Waals surface area contributed by atoms with E-state index in [0.717, 1.165) is 32.7 Å². The number of hydrogen-bond acceptors (Lipinski definition) is 4. The highest BCUT2D eigenvalue weighted by atomic mass is 15.2. The van der Waals surface area contributed by atoms with Crippen LogP contribution in [0.1, 0.15) is 13.3 Å². The predicted octanol–water partition coefficient (Wildman–Crippen LogP) is 0.126. The smallest absolute Gasteiger partial charge is 0.108 e. The monoisotopic (exact) mass is 210 g/mol. The Bertz CT molecular complexity index is 211. The van der Waals surface area contributed by atoms with Crippen LogP contribution < -0.4 is 5.32 Å². The van der Waals surface area contributed by atoms with Gasteiger partial charge in [-0.25, -0.2) is 0 Å². The maximum Gasteiger partial charge on any atom is 0.108 e. The van der Waals surface area contributed by atoms with Crippen molar-refractivity contribution in [2.24, 2.45) is 0 Å². The fourth-order valence-electron chi connectivity index (χ4n) is 1.94. The summed E-state index contributed by atoms with van der Waals surface area (Å²) < 4.78 is 0. The molecule has 86 valence electrons. The Balaban J connectivity index is 2.33. The molecule has 0 radical (unpaired) electrons. The molecular weight excluding hydrogens is 188 g/mol. The molecule has 1 aliphatic rings. The van der Waals surface area contributed by atoms with Gasteiger partial charge in [-0.05, 0) is 33.1 Å². The van der Waals surface area contributed by atoms with Gasteiger partial charge in [0.1, 0.15) is 6.04 Å². The van der Waals surface area contributed by atoms with Crippen LogP contribution >= 0.6 is 0 Å². The fraction of sp³-hybridized carbons (Fsp3) is 0.909. The zero-order valence-corrected chi connectivity index (χ0v) is 9.87. The lowest BCUT2D eigenvalue weighted by molar-refractivity contribution is 0.262. The Labute approximate surface area is 92.8 Å². The van der Waals surface area contributed by atoms with E-state index in [4.69, 9.17) is 5.26 Å². The van der Waals surface area contributed by atoms with Crippen molar-refractivity contribution >= 4 is 0 Å². The number of nitriles is 1. The molecular formula is C11H22N4. The molecule has 0 saturated carbocycles. The Morgan fingerprint density at radius 3 is 2.80 bits per heavy atom. The highest BCUT2D eigenvalue weighted by Gasteiger charge is 2.15. The van der Waals surface area contributed by atoms with Gasteiger partial charge in [-0.1, -0.05) is 6.92 Å². The first kappa shape index (κ1) is 12.4. The Hall–Kier alpha value is -0.630. The zero-order valence-electron chi connectivity index (χ0n) is 9.87. The van der Waals surface area contributed by atoms with E-state index in [-0.39, 0.29) is 6.04 Å². The average Bonchev–Trinajstić information content (AvgIpc) is 2.43. The van der Waals surface area contributed by atoms with Gasteiger partial charge in [0.15, 0.2) is 0 Å². The van der Waals surface area contributed by atoms with Crippen LogP contribution in [0.25, 0.3) is 0 Å². The second kappa shape index (κ2) is 6.78. The maximum atomic E-state index is 8.96. The number of likely N-dealkylation sites (N-methyl/N-ethyl adjacent to an activating group) is 2. The first-order valence-electron chi connectivity index (χ1n) is 5.80. The summed E-state index contributed by atoms with van der Waals surface area (Å²) in [6.07, 6.45) is 1.21. The second-order valence-electron chi connectivity index (χ2n) is 4.20. The molecule has 4 heteroatoms. The van der Waals surface area contributed by atoms with Crippen LogP contribution in [0.5, 0.6) is 0 Å². The molecule has 1 atom stereocenters. The van der Waals surface area contributed by atoms with Gasteiger partial charge in [0.2, 0.25) is 0 Å². The lowest BCUT2D eigenvalue weighted by atomic mass is 10.3. The fourth-order valence-corrected chi connectivity index (χ4v) is 1.94. The van der Waals surface area contributed by atoms with Gasteiger partial charge in [0.05, 0.1) is 6.07 Å². The minimum atomic E-state index is -0.0154. The third-order valence-corrected chi connectivity index (χ3v) is 2.86. The lowest BCUT2D eigenvalue weighted by Gasteiger charge is -2.22. The summed E-state index contributed by atoms with van der Waals surface area (Å²) in [5, 5.41) is 12.2. The molecule has 15 heavy (non-hydrogen) atoms. The molecule has 1 N–H and O–H groups in total. The van der Waals surface area contributed by atoms with E-state index in [1.807, 2.05) is 6.92 Å². The second-order valence-corrected chi connectivity index (χ2v) is 4.20. The molecule has 0 aromatic heterocycles. The molecule has 1 unspecified atom stereocenters. The minimum absolute atomic E-state index is 0.0154. The molecule has 1 aliphatic heterocycles. The maximum absolute atomic E-state index is 8.96. The highest BCUT2D eigenvalue weighted by Crippen LogP contribution is 2.01. The number of rotatable bonds is 4. The van der Waals surface area contributed by atoms with E-state index < -0.39 is 0 Å². The van der Waals surface area contributed by atoms with Crippen LogP contribution in [0, 0.1) is 11.3 Å². The predicted molar refractivity (Wildman–Crippen MR) is 61.6 cm³/mol. The van der Waals surface area contributed by atoms with E-state index in [0.29, 0.717) is 0 Å². The number of nitrogens with zero attached hydrogens (tertiary/aromatic N) is 3. The van der Waals surface area contributed by atoms with E-state index >= 15 is 0 Å². The average molecular weight is 210 g/mol. The van der Waals surface area contributed by atoms with Gasteiger partial charge in [0, 0.05) is 19.6 Å². The van der Waals surface area contributed by atoms with Crippen molar-refractivity contribution < 1.29 is 0 Å². The van der Waals surface area contributed by atoms with E-state index in [2.05, 4.69) is 28.2 Å². The lowest BCUT2D eigenvalue weighted by Crippen LogP contribution is -2.41. The highest BCUT2D eigenvalue weighted by molar-refractivity contribution is 4.92. The summed E-state index contributed by atoms with van der Waals surface area (Å²) >= 11 is 0. The standard InChI is InChI=1S/C11H22N4/c1-3-13-11(9-12)10-15-6-4-5-14(2)7-8-15/h11,13H,3-8,10H2,1-2H3. The quantitative estimate of drug-likeness (QED) is 0.716. The first-order chi connectivity index (χ1) is 7.26. The van der Waals surface area contributed by atoms with Crippen molar-refractivity contribution in [1.82, 2.24) is 15.1 Å².